The van der Waals surface area contributed by atoms with Gasteiger partial charge in [-0.25, -0.2) is 4.39 Å². The quantitative estimate of drug-likeness (QED) is 0.917. The minimum Gasteiger partial charge on any atom is -0.353 e. The molecule has 7 heteroatoms. The Bertz CT molecular complexity index is 815. The highest BCUT2D eigenvalue weighted by atomic mass is 19.1. The Labute approximate surface area is 144 Å². The van der Waals surface area contributed by atoms with Crippen LogP contribution in [0.25, 0.3) is 0 Å². The molecule has 0 spiro atoms. The molecule has 0 aliphatic carbocycles. The molecule has 2 amide bonds. The molecule has 1 N–H and O–H groups in total. The van der Waals surface area contributed by atoms with E-state index in [0.29, 0.717) is 32.5 Å². The summed E-state index contributed by atoms with van der Waals surface area (Å²) in [6.07, 6.45) is 3.37. The number of hydrogen-bond acceptors (Lipinski definition) is 3. The maximum atomic E-state index is 13.0. The number of nitrogens with zero attached hydrogens (tertiary/aromatic N) is 3. The fourth-order valence-electron chi connectivity index (χ4n) is 3.45. The lowest BCUT2D eigenvalue weighted by atomic mass is 10.1. The average Bonchev–Trinajstić information content (AvgIpc) is 3.27. The first kappa shape index (κ1) is 15.8. The number of aromatic nitrogens is 2. The minimum absolute atomic E-state index is 0.0254. The van der Waals surface area contributed by atoms with Crippen molar-refractivity contribution in [2.75, 3.05) is 0 Å². The van der Waals surface area contributed by atoms with Crippen molar-refractivity contribution in [1.29, 1.82) is 0 Å². The molecule has 130 valence electrons. The molecule has 25 heavy (non-hydrogen) atoms. The van der Waals surface area contributed by atoms with E-state index < -0.39 is 0 Å². The summed E-state index contributed by atoms with van der Waals surface area (Å²) in [7, 11) is 0. The van der Waals surface area contributed by atoms with Crippen LogP contribution in [-0.2, 0) is 29.2 Å². The van der Waals surface area contributed by atoms with E-state index in [4.69, 9.17) is 0 Å². The van der Waals surface area contributed by atoms with Gasteiger partial charge in [0, 0.05) is 31.0 Å². The molecule has 1 fully saturated rings. The molecule has 0 unspecified atom stereocenters. The van der Waals surface area contributed by atoms with Crippen LogP contribution >= 0.6 is 0 Å². The zero-order chi connectivity index (χ0) is 17.4. The lowest BCUT2D eigenvalue weighted by Crippen LogP contribution is -2.34. The summed E-state index contributed by atoms with van der Waals surface area (Å²) < 4.78 is 14.9. The van der Waals surface area contributed by atoms with Gasteiger partial charge in [-0.2, -0.15) is 5.10 Å². The zero-order valence-electron chi connectivity index (χ0n) is 13.7. The van der Waals surface area contributed by atoms with Crippen molar-refractivity contribution >= 4 is 11.8 Å². The van der Waals surface area contributed by atoms with E-state index in [9.17, 15) is 14.0 Å². The highest BCUT2D eigenvalue weighted by molar-refractivity contribution is 5.82. The Morgan fingerprint density at radius 2 is 2.08 bits per heavy atom. The van der Waals surface area contributed by atoms with Gasteiger partial charge < -0.3 is 10.2 Å². The van der Waals surface area contributed by atoms with E-state index in [2.05, 4.69) is 10.4 Å². The van der Waals surface area contributed by atoms with Crippen LogP contribution in [0.1, 0.15) is 36.1 Å². The molecule has 1 atom stereocenters. The second-order valence-corrected chi connectivity index (χ2v) is 6.66. The normalized spacial score (nSPS) is 19.2. The van der Waals surface area contributed by atoms with Crippen LogP contribution in [0, 0.1) is 5.82 Å². The summed E-state index contributed by atoms with van der Waals surface area (Å²) >= 11 is 0. The molecule has 6 nitrogen and oxygen atoms in total. The number of benzene rings is 1. The first-order valence-electron chi connectivity index (χ1n) is 8.43. The number of hydrogen-bond donors (Lipinski definition) is 1. The van der Waals surface area contributed by atoms with E-state index in [-0.39, 0.29) is 23.7 Å². The van der Waals surface area contributed by atoms with Gasteiger partial charge in [-0.1, -0.05) is 12.1 Å². The summed E-state index contributed by atoms with van der Waals surface area (Å²) in [6.45, 7) is 1.63. The van der Waals surface area contributed by atoms with Crippen molar-refractivity contribution < 1.29 is 14.0 Å². The summed E-state index contributed by atoms with van der Waals surface area (Å²) in [5.41, 5.74) is 3.03. The number of halogens is 1. The summed E-state index contributed by atoms with van der Waals surface area (Å²) in [4.78, 5) is 25.6. The molecule has 2 aliphatic heterocycles. The Kier molecular flexibility index (Phi) is 3.99. The molecule has 3 heterocycles. The molecular formula is C18H19FN4O2. The molecule has 2 aliphatic rings. The molecule has 0 saturated carbocycles. The van der Waals surface area contributed by atoms with Gasteiger partial charge in [-0.15, -0.1) is 0 Å². The number of carbonyl (C=O) groups excluding carboxylic acids is 2. The maximum absolute atomic E-state index is 13.0. The predicted octanol–water partition coefficient (Wildman–Crippen LogP) is 1.58. The number of carbonyl (C=O) groups is 2. The molecule has 2 aromatic rings. The number of nitrogens with one attached hydrogen (secondary N) is 1. The van der Waals surface area contributed by atoms with Gasteiger partial charge in [0.25, 0.3) is 0 Å². The molecule has 1 aromatic heterocycles. The van der Waals surface area contributed by atoms with Gasteiger partial charge in [0.1, 0.15) is 5.82 Å². The third kappa shape index (κ3) is 3.26. The van der Waals surface area contributed by atoms with Crippen LogP contribution in [0.5, 0.6) is 0 Å². The van der Waals surface area contributed by atoms with E-state index in [1.54, 1.807) is 23.2 Å². The Morgan fingerprint density at radius 3 is 2.80 bits per heavy atom. The molecular weight excluding hydrogens is 323 g/mol. The number of amides is 2. The fraction of sp³-hybridized carbons (Fsp3) is 0.389. The van der Waals surface area contributed by atoms with Crippen LogP contribution in [-0.4, -0.2) is 32.5 Å². The van der Waals surface area contributed by atoms with E-state index in [0.717, 1.165) is 23.2 Å². The molecule has 0 radical (unpaired) electrons. The van der Waals surface area contributed by atoms with Gasteiger partial charge in [0.15, 0.2) is 0 Å². The third-order valence-electron chi connectivity index (χ3n) is 4.84. The van der Waals surface area contributed by atoms with Crippen molar-refractivity contribution in [2.24, 2.45) is 0 Å². The second-order valence-electron chi connectivity index (χ2n) is 6.66. The predicted molar refractivity (Wildman–Crippen MR) is 87.8 cm³/mol. The molecule has 1 saturated heterocycles. The molecule has 1 aromatic carbocycles. The third-order valence-corrected chi connectivity index (χ3v) is 4.84. The maximum Gasteiger partial charge on any atom is 0.225 e. The van der Waals surface area contributed by atoms with E-state index >= 15 is 0 Å². The number of rotatable bonds is 4. The SMILES string of the molecule is O=C1CC[C@@H](CC(=O)N2Cc3cnn(Cc4ccc(F)cc4)c3C2)N1. The largest absolute Gasteiger partial charge is 0.353 e. The first-order valence-corrected chi connectivity index (χ1v) is 8.43. The fourth-order valence-corrected chi connectivity index (χ4v) is 3.45. The smallest absolute Gasteiger partial charge is 0.225 e. The van der Waals surface area contributed by atoms with Gasteiger partial charge in [-0.3, -0.25) is 14.3 Å². The number of fused-ring (bicyclic) bond motifs is 1. The summed E-state index contributed by atoms with van der Waals surface area (Å²) in [6, 6.07) is 6.31. The zero-order valence-corrected chi connectivity index (χ0v) is 13.7. The lowest BCUT2D eigenvalue weighted by molar-refractivity contribution is -0.132. The van der Waals surface area contributed by atoms with Crippen LogP contribution in [0.3, 0.4) is 0 Å². The molecule has 4 rings (SSSR count). The van der Waals surface area contributed by atoms with Crippen molar-refractivity contribution in [3.8, 4) is 0 Å². The summed E-state index contributed by atoms with van der Waals surface area (Å²) in [5, 5.41) is 7.23. The topological polar surface area (TPSA) is 67.2 Å². The van der Waals surface area contributed by atoms with Crippen LogP contribution in [0.15, 0.2) is 30.5 Å². The molecule has 0 bridgehead atoms. The van der Waals surface area contributed by atoms with Crippen molar-refractivity contribution in [3.63, 3.8) is 0 Å². The van der Waals surface area contributed by atoms with Crippen LogP contribution < -0.4 is 5.32 Å². The Balaban J connectivity index is 1.41. The van der Waals surface area contributed by atoms with Gasteiger partial charge in [-0.05, 0) is 24.1 Å². The standard InChI is InChI=1S/C18H19FN4O2/c19-14-3-1-12(2-4-14)9-23-16-11-22(10-13(16)8-20-23)18(25)7-15-5-6-17(24)21-15/h1-4,8,15H,5-7,9-11H2,(H,21,24)/t15-/m0/s1. The van der Waals surface area contributed by atoms with Crippen molar-refractivity contribution in [2.45, 2.75) is 44.9 Å². The van der Waals surface area contributed by atoms with Crippen molar-refractivity contribution in [3.05, 3.63) is 53.1 Å². The second kappa shape index (κ2) is 6.31. The Hall–Kier alpha value is -2.70. The highest BCUT2D eigenvalue weighted by Crippen LogP contribution is 2.25. The van der Waals surface area contributed by atoms with Gasteiger partial charge in [0.2, 0.25) is 11.8 Å². The van der Waals surface area contributed by atoms with Crippen LogP contribution in [0.2, 0.25) is 0 Å². The Morgan fingerprint density at radius 1 is 1.28 bits per heavy atom. The average molecular weight is 342 g/mol. The van der Waals surface area contributed by atoms with Crippen LogP contribution in [0.4, 0.5) is 4.39 Å². The van der Waals surface area contributed by atoms with Crippen molar-refractivity contribution in [1.82, 2.24) is 20.0 Å². The van der Waals surface area contributed by atoms with Gasteiger partial charge in [0.05, 0.1) is 25.0 Å². The highest BCUT2D eigenvalue weighted by Gasteiger charge is 2.30. The summed E-state index contributed by atoms with van der Waals surface area (Å²) in [5.74, 6) is -0.181. The van der Waals surface area contributed by atoms with Gasteiger partial charge >= 0.3 is 0 Å². The van der Waals surface area contributed by atoms with E-state index in [1.807, 2.05) is 4.68 Å². The van der Waals surface area contributed by atoms with E-state index in [1.165, 1.54) is 12.1 Å². The lowest BCUT2D eigenvalue weighted by Gasteiger charge is -2.18. The first-order chi connectivity index (χ1) is 12.1. The monoisotopic (exact) mass is 342 g/mol. The minimum atomic E-state index is -0.259.